The SMILES string of the molecule is COc1ccc(C(C)=NNC(=O)C(N)=O)c(O)c1. The number of benzene rings is 1. The van der Waals surface area contributed by atoms with Gasteiger partial charge in [-0.1, -0.05) is 0 Å². The summed E-state index contributed by atoms with van der Waals surface area (Å²) in [6, 6.07) is 4.61. The van der Waals surface area contributed by atoms with Crippen molar-refractivity contribution in [2.24, 2.45) is 10.8 Å². The summed E-state index contributed by atoms with van der Waals surface area (Å²) in [7, 11) is 1.47. The summed E-state index contributed by atoms with van der Waals surface area (Å²) in [6.45, 7) is 1.56. The van der Waals surface area contributed by atoms with E-state index >= 15 is 0 Å². The Morgan fingerprint density at radius 3 is 2.61 bits per heavy atom. The predicted octanol–water partition coefficient (Wildman–Crippen LogP) is -0.274. The van der Waals surface area contributed by atoms with Gasteiger partial charge in [0.15, 0.2) is 0 Å². The third-order valence-corrected chi connectivity index (χ3v) is 2.14. The van der Waals surface area contributed by atoms with Crippen LogP contribution in [0.1, 0.15) is 12.5 Å². The lowest BCUT2D eigenvalue weighted by molar-refractivity contribution is -0.137. The zero-order valence-corrected chi connectivity index (χ0v) is 9.93. The monoisotopic (exact) mass is 251 g/mol. The molecule has 0 saturated carbocycles. The van der Waals surface area contributed by atoms with Gasteiger partial charge in [-0.05, 0) is 19.1 Å². The zero-order chi connectivity index (χ0) is 13.7. The van der Waals surface area contributed by atoms with Gasteiger partial charge in [0.05, 0.1) is 12.8 Å². The summed E-state index contributed by atoms with van der Waals surface area (Å²) in [5.41, 5.74) is 7.44. The van der Waals surface area contributed by atoms with Gasteiger partial charge in [-0.25, -0.2) is 5.43 Å². The number of hydrazone groups is 1. The highest BCUT2D eigenvalue weighted by Gasteiger charge is 2.09. The third kappa shape index (κ3) is 3.21. The second-order valence-electron chi connectivity index (χ2n) is 3.39. The molecule has 0 aliphatic carbocycles. The molecule has 0 aliphatic heterocycles. The maximum atomic E-state index is 10.9. The average Bonchev–Trinajstić information content (AvgIpc) is 2.34. The van der Waals surface area contributed by atoms with Crippen molar-refractivity contribution in [3.8, 4) is 11.5 Å². The molecule has 0 fully saturated rings. The van der Waals surface area contributed by atoms with E-state index < -0.39 is 11.8 Å². The van der Waals surface area contributed by atoms with Crippen LogP contribution in [0.3, 0.4) is 0 Å². The number of nitrogens with one attached hydrogen (secondary N) is 1. The molecule has 1 aromatic carbocycles. The number of rotatable bonds is 3. The van der Waals surface area contributed by atoms with Crippen LogP contribution in [0.2, 0.25) is 0 Å². The van der Waals surface area contributed by atoms with Gasteiger partial charge in [0.1, 0.15) is 11.5 Å². The molecule has 0 unspecified atom stereocenters. The molecular formula is C11H13N3O4. The van der Waals surface area contributed by atoms with E-state index in [0.717, 1.165) is 0 Å². The van der Waals surface area contributed by atoms with Crippen LogP contribution in [0.4, 0.5) is 0 Å². The summed E-state index contributed by atoms with van der Waals surface area (Å²) < 4.78 is 4.93. The topological polar surface area (TPSA) is 114 Å². The van der Waals surface area contributed by atoms with Crippen LogP contribution < -0.4 is 15.9 Å². The molecule has 7 nitrogen and oxygen atoms in total. The maximum Gasteiger partial charge on any atom is 0.329 e. The van der Waals surface area contributed by atoms with E-state index in [1.165, 1.54) is 13.2 Å². The Morgan fingerprint density at radius 1 is 1.44 bits per heavy atom. The van der Waals surface area contributed by atoms with Crippen LogP contribution in [0.25, 0.3) is 0 Å². The fraction of sp³-hybridized carbons (Fsp3) is 0.182. The first-order valence-electron chi connectivity index (χ1n) is 4.97. The molecule has 0 aliphatic rings. The van der Waals surface area contributed by atoms with Crippen LogP contribution >= 0.6 is 0 Å². The van der Waals surface area contributed by atoms with E-state index in [4.69, 9.17) is 10.5 Å². The molecule has 1 rings (SSSR count). The summed E-state index contributed by atoms with van der Waals surface area (Å²) in [4.78, 5) is 21.4. The molecule has 0 heterocycles. The van der Waals surface area contributed by atoms with Crippen molar-refractivity contribution >= 4 is 17.5 Å². The minimum Gasteiger partial charge on any atom is -0.507 e. The maximum absolute atomic E-state index is 10.9. The number of nitrogens with zero attached hydrogens (tertiary/aromatic N) is 1. The molecule has 0 atom stereocenters. The van der Waals surface area contributed by atoms with Crippen molar-refractivity contribution in [2.45, 2.75) is 6.92 Å². The second kappa shape index (κ2) is 5.67. The summed E-state index contributed by atoms with van der Waals surface area (Å²) >= 11 is 0. The fourth-order valence-electron chi connectivity index (χ4n) is 1.19. The number of hydrogen-bond acceptors (Lipinski definition) is 5. The number of carbonyl (C=O) groups is 2. The van der Waals surface area contributed by atoms with E-state index in [-0.39, 0.29) is 5.75 Å². The van der Waals surface area contributed by atoms with Gasteiger partial charge >= 0.3 is 11.8 Å². The second-order valence-corrected chi connectivity index (χ2v) is 3.39. The Labute approximate surface area is 103 Å². The number of aromatic hydroxyl groups is 1. The molecular weight excluding hydrogens is 238 g/mol. The zero-order valence-electron chi connectivity index (χ0n) is 9.93. The van der Waals surface area contributed by atoms with Crippen LogP contribution in [-0.4, -0.2) is 29.7 Å². The number of carbonyl (C=O) groups excluding carboxylic acids is 2. The Morgan fingerprint density at radius 2 is 2.11 bits per heavy atom. The molecule has 96 valence electrons. The Balaban J connectivity index is 2.90. The molecule has 1 aromatic rings. The van der Waals surface area contributed by atoms with Gasteiger partial charge in [0, 0.05) is 11.6 Å². The lowest BCUT2D eigenvalue weighted by atomic mass is 10.1. The normalized spacial score (nSPS) is 10.9. The van der Waals surface area contributed by atoms with Gasteiger partial charge in [0.2, 0.25) is 0 Å². The number of phenolic OH excluding ortho intramolecular Hbond substituents is 1. The first kappa shape index (κ1) is 13.5. The van der Waals surface area contributed by atoms with Gasteiger partial charge in [0.25, 0.3) is 0 Å². The van der Waals surface area contributed by atoms with Crippen molar-refractivity contribution in [3.63, 3.8) is 0 Å². The summed E-state index contributed by atoms with van der Waals surface area (Å²) in [5, 5.41) is 13.3. The molecule has 0 radical (unpaired) electrons. The molecule has 2 amide bonds. The minimum absolute atomic E-state index is 0.0519. The van der Waals surface area contributed by atoms with Crippen molar-refractivity contribution in [3.05, 3.63) is 23.8 Å². The van der Waals surface area contributed by atoms with Crippen LogP contribution in [0.5, 0.6) is 11.5 Å². The first-order chi connectivity index (χ1) is 8.45. The van der Waals surface area contributed by atoms with Gasteiger partial charge in [-0.15, -0.1) is 0 Å². The Hall–Kier alpha value is -2.57. The van der Waals surface area contributed by atoms with Crippen LogP contribution in [0, 0.1) is 0 Å². The highest BCUT2D eigenvalue weighted by Crippen LogP contribution is 2.23. The standard InChI is InChI=1S/C11H13N3O4/c1-6(13-14-11(17)10(12)16)8-4-3-7(18-2)5-9(8)15/h3-5,15H,1-2H3,(H2,12,16)(H,14,17). The third-order valence-electron chi connectivity index (χ3n) is 2.14. The highest BCUT2D eigenvalue weighted by atomic mass is 16.5. The Kier molecular flexibility index (Phi) is 4.25. The van der Waals surface area contributed by atoms with E-state index in [2.05, 4.69) is 5.10 Å². The number of phenols is 1. The largest absolute Gasteiger partial charge is 0.507 e. The number of methoxy groups -OCH3 is 1. The highest BCUT2D eigenvalue weighted by molar-refractivity contribution is 6.34. The molecule has 7 heteroatoms. The minimum atomic E-state index is -1.13. The fourth-order valence-corrected chi connectivity index (χ4v) is 1.19. The van der Waals surface area contributed by atoms with Gasteiger partial charge in [-0.2, -0.15) is 5.10 Å². The van der Waals surface area contributed by atoms with E-state index in [1.807, 2.05) is 5.43 Å². The number of primary amides is 1. The number of ether oxygens (including phenoxy) is 1. The molecule has 18 heavy (non-hydrogen) atoms. The first-order valence-corrected chi connectivity index (χ1v) is 4.97. The van der Waals surface area contributed by atoms with Gasteiger partial charge < -0.3 is 15.6 Å². The van der Waals surface area contributed by atoms with Crippen molar-refractivity contribution in [1.82, 2.24) is 5.43 Å². The van der Waals surface area contributed by atoms with Crippen LogP contribution in [-0.2, 0) is 9.59 Å². The molecule has 0 aromatic heterocycles. The van der Waals surface area contributed by atoms with Crippen LogP contribution in [0.15, 0.2) is 23.3 Å². The summed E-state index contributed by atoms with van der Waals surface area (Å²) in [5.74, 6) is -1.72. The molecule has 4 N–H and O–H groups in total. The summed E-state index contributed by atoms with van der Waals surface area (Å²) in [6.07, 6.45) is 0. The average molecular weight is 251 g/mol. The van der Waals surface area contributed by atoms with E-state index in [1.54, 1.807) is 19.1 Å². The van der Waals surface area contributed by atoms with Crippen molar-refractivity contribution in [2.75, 3.05) is 7.11 Å². The van der Waals surface area contributed by atoms with Crippen molar-refractivity contribution in [1.29, 1.82) is 0 Å². The van der Waals surface area contributed by atoms with Crippen molar-refractivity contribution < 1.29 is 19.4 Å². The molecule has 0 saturated heterocycles. The lowest BCUT2D eigenvalue weighted by Gasteiger charge is -2.06. The number of hydrogen-bond donors (Lipinski definition) is 3. The number of amides is 2. The van der Waals surface area contributed by atoms with Gasteiger partial charge in [-0.3, -0.25) is 9.59 Å². The lowest BCUT2D eigenvalue weighted by Crippen LogP contribution is -2.33. The molecule has 0 bridgehead atoms. The number of nitrogens with two attached hydrogens (primary N) is 1. The quantitative estimate of drug-likeness (QED) is 0.389. The van der Waals surface area contributed by atoms with E-state index in [0.29, 0.717) is 17.0 Å². The molecule has 0 spiro atoms. The predicted molar refractivity (Wildman–Crippen MR) is 64.2 cm³/mol. The smallest absolute Gasteiger partial charge is 0.329 e. The van der Waals surface area contributed by atoms with E-state index in [9.17, 15) is 14.7 Å². The Bertz CT molecular complexity index is 511.